The Balaban J connectivity index is 2.89. The van der Waals surface area contributed by atoms with Crippen molar-refractivity contribution < 1.29 is 0 Å². The molecule has 0 bridgehead atoms. The number of rotatable bonds is 0. The van der Waals surface area contributed by atoms with Crippen molar-refractivity contribution in [3.8, 4) is 0 Å². The molecule has 0 fully saturated rings. The van der Waals surface area contributed by atoms with Gasteiger partial charge in [0.25, 0.3) is 0 Å². The minimum Gasteiger partial charge on any atom is -0.258 e. The summed E-state index contributed by atoms with van der Waals surface area (Å²) in [6.45, 7) is 4.05. The van der Waals surface area contributed by atoms with Gasteiger partial charge in [0.1, 0.15) is 0 Å². The van der Waals surface area contributed by atoms with E-state index < -0.39 is 0 Å². The van der Waals surface area contributed by atoms with Gasteiger partial charge in [0, 0.05) is 16.8 Å². The van der Waals surface area contributed by atoms with E-state index in [1.54, 1.807) is 0 Å². The minimum atomic E-state index is 1.07. The largest absolute Gasteiger partial charge is 0.258 e. The molecule has 0 saturated carbocycles. The molecule has 0 saturated heterocycles. The van der Waals surface area contributed by atoms with Crippen LogP contribution in [0.2, 0.25) is 0 Å². The quantitative estimate of drug-likeness (QED) is 0.571. The van der Waals surface area contributed by atoms with Crippen molar-refractivity contribution in [1.29, 1.82) is 0 Å². The van der Waals surface area contributed by atoms with Crippen LogP contribution in [0.15, 0.2) is 24.3 Å². The second-order valence-corrected chi connectivity index (χ2v) is 3.00. The monoisotopic (exact) mass is 156 g/mol. The zero-order chi connectivity index (χ0) is 8.55. The highest BCUT2D eigenvalue weighted by molar-refractivity contribution is 5.84. The van der Waals surface area contributed by atoms with Gasteiger partial charge < -0.3 is 0 Å². The predicted octanol–water partition coefficient (Wildman–Crippen LogP) is 2.65. The van der Waals surface area contributed by atoms with Crippen molar-refractivity contribution in [3.63, 3.8) is 0 Å². The van der Waals surface area contributed by atoms with Crippen LogP contribution < -0.4 is 0 Å². The van der Waals surface area contributed by atoms with Crippen LogP contribution in [0.1, 0.15) is 11.4 Å². The van der Waals surface area contributed by atoms with Gasteiger partial charge in [0.05, 0.1) is 0 Å². The topological polar surface area (TPSA) is 12.9 Å². The Bertz CT molecular complexity index is 418. The van der Waals surface area contributed by atoms with E-state index in [1.807, 2.05) is 26.0 Å². The highest BCUT2D eigenvalue weighted by Gasteiger charge is 1.97. The molecule has 1 radical (unpaired) electrons. The van der Waals surface area contributed by atoms with Gasteiger partial charge in [-0.25, -0.2) is 0 Å². The Morgan fingerprint density at radius 3 is 3.00 bits per heavy atom. The smallest absolute Gasteiger partial charge is 0.0454 e. The van der Waals surface area contributed by atoms with Gasteiger partial charge in [-0.3, -0.25) is 4.98 Å². The molecule has 0 unspecified atom stereocenters. The number of aryl methyl sites for hydroxylation is 2. The predicted molar refractivity (Wildman–Crippen MR) is 50.1 cm³/mol. The summed E-state index contributed by atoms with van der Waals surface area (Å²) >= 11 is 0. The first-order valence-corrected chi connectivity index (χ1v) is 4.01. The van der Waals surface area contributed by atoms with Crippen LogP contribution in [0.25, 0.3) is 10.8 Å². The van der Waals surface area contributed by atoms with Gasteiger partial charge in [-0.1, -0.05) is 12.1 Å². The lowest BCUT2D eigenvalue weighted by Gasteiger charge is -2.01. The van der Waals surface area contributed by atoms with Crippen molar-refractivity contribution in [1.82, 2.24) is 4.98 Å². The van der Waals surface area contributed by atoms with E-state index in [1.165, 1.54) is 10.8 Å². The molecule has 0 aliphatic rings. The fraction of sp³-hybridized carbons (Fsp3) is 0.182. The number of aromatic nitrogens is 1. The van der Waals surface area contributed by atoms with Crippen molar-refractivity contribution >= 4 is 10.8 Å². The summed E-state index contributed by atoms with van der Waals surface area (Å²) in [5.74, 6) is 0. The summed E-state index contributed by atoms with van der Waals surface area (Å²) in [5.41, 5.74) is 2.17. The molecule has 2 aromatic rings. The van der Waals surface area contributed by atoms with Gasteiger partial charge in [-0.05, 0) is 37.4 Å². The maximum absolute atomic E-state index is 4.39. The van der Waals surface area contributed by atoms with Crippen LogP contribution in [-0.2, 0) is 0 Å². The molecule has 1 aromatic carbocycles. The zero-order valence-electron chi connectivity index (χ0n) is 7.26. The molecule has 0 aliphatic carbocycles. The van der Waals surface area contributed by atoms with Crippen LogP contribution in [0, 0.1) is 19.9 Å². The van der Waals surface area contributed by atoms with Crippen LogP contribution >= 0.6 is 0 Å². The number of hydrogen-bond acceptors (Lipinski definition) is 1. The third-order valence-electron chi connectivity index (χ3n) is 1.99. The van der Waals surface area contributed by atoms with Gasteiger partial charge in [-0.15, -0.1) is 0 Å². The maximum Gasteiger partial charge on any atom is 0.0454 e. The average molecular weight is 156 g/mol. The molecule has 0 aliphatic heterocycles. The summed E-state index contributed by atoms with van der Waals surface area (Å²) in [5, 5.41) is 2.45. The normalized spacial score (nSPS) is 10.5. The number of fused-ring (bicyclic) bond motifs is 1. The zero-order valence-corrected chi connectivity index (χ0v) is 7.26. The molecule has 0 N–H and O–H groups in total. The van der Waals surface area contributed by atoms with E-state index in [9.17, 15) is 0 Å². The molecule has 0 atom stereocenters. The Morgan fingerprint density at radius 2 is 2.17 bits per heavy atom. The average Bonchev–Trinajstić information content (AvgIpc) is 2.04. The van der Waals surface area contributed by atoms with Gasteiger partial charge >= 0.3 is 0 Å². The van der Waals surface area contributed by atoms with Crippen LogP contribution in [0.4, 0.5) is 0 Å². The van der Waals surface area contributed by atoms with E-state index in [0.717, 1.165) is 11.4 Å². The first-order chi connectivity index (χ1) is 5.77. The first kappa shape index (κ1) is 7.29. The molecule has 0 spiro atoms. The summed E-state index contributed by atoms with van der Waals surface area (Å²) < 4.78 is 0. The second-order valence-electron chi connectivity index (χ2n) is 3.00. The molecule has 1 aromatic heterocycles. The minimum absolute atomic E-state index is 1.07. The summed E-state index contributed by atoms with van der Waals surface area (Å²) in [6, 6.07) is 11.1. The number of benzene rings is 1. The molecule has 12 heavy (non-hydrogen) atoms. The molecule has 1 nitrogen and oxygen atoms in total. The molecular formula is C11H10N. The van der Waals surface area contributed by atoms with Gasteiger partial charge in [0.15, 0.2) is 0 Å². The van der Waals surface area contributed by atoms with Crippen molar-refractivity contribution in [2.24, 2.45) is 0 Å². The lowest BCUT2D eigenvalue weighted by Crippen LogP contribution is -1.87. The van der Waals surface area contributed by atoms with E-state index in [-0.39, 0.29) is 0 Å². The SMILES string of the molecule is Cc1cc2c[c]ccc2c(C)n1. The molecule has 1 heteroatoms. The maximum atomic E-state index is 4.39. The highest BCUT2D eigenvalue weighted by Crippen LogP contribution is 2.16. The summed E-state index contributed by atoms with van der Waals surface area (Å²) in [6.07, 6.45) is 0. The fourth-order valence-electron chi connectivity index (χ4n) is 1.47. The third-order valence-corrected chi connectivity index (χ3v) is 1.99. The van der Waals surface area contributed by atoms with Crippen molar-refractivity contribution in [3.05, 3.63) is 41.7 Å². The Kier molecular flexibility index (Phi) is 1.58. The van der Waals surface area contributed by atoms with E-state index in [2.05, 4.69) is 23.2 Å². The van der Waals surface area contributed by atoms with E-state index in [4.69, 9.17) is 0 Å². The molecule has 1 heterocycles. The van der Waals surface area contributed by atoms with Gasteiger partial charge in [-0.2, -0.15) is 0 Å². The van der Waals surface area contributed by atoms with Gasteiger partial charge in [0.2, 0.25) is 0 Å². The number of nitrogens with zero attached hydrogens (tertiary/aromatic N) is 1. The summed E-state index contributed by atoms with van der Waals surface area (Å²) in [7, 11) is 0. The lowest BCUT2D eigenvalue weighted by atomic mass is 10.1. The van der Waals surface area contributed by atoms with E-state index >= 15 is 0 Å². The Labute approximate surface area is 72.1 Å². The van der Waals surface area contributed by atoms with E-state index in [0.29, 0.717) is 0 Å². The van der Waals surface area contributed by atoms with Crippen LogP contribution in [0.5, 0.6) is 0 Å². The molecular weight excluding hydrogens is 146 g/mol. The first-order valence-electron chi connectivity index (χ1n) is 4.01. The third kappa shape index (κ3) is 1.07. The Morgan fingerprint density at radius 1 is 1.33 bits per heavy atom. The Hall–Kier alpha value is -1.37. The fourth-order valence-corrected chi connectivity index (χ4v) is 1.47. The number of pyridine rings is 1. The number of hydrogen-bond donors (Lipinski definition) is 0. The second kappa shape index (κ2) is 2.59. The molecule has 2 rings (SSSR count). The van der Waals surface area contributed by atoms with Crippen molar-refractivity contribution in [2.45, 2.75) is 13.8 Å². The molecule has 59 valence electrons. The molecule has 0 amide bonds. The highest BCUT2D eigenvalue weighted by atomic mass is 14.7. The van der Waals surface area contributed by atoms with Crippen LogP contribution in [-0.4, -0.2) is 4.98 Å². The lowest BCUT2D eigenvalue weighted by molar-refractivity contribution is 1.15. The van der Waals surface area contributed by atoms with Crippen LogP contribution in [0.3, 0.4) is 0 Å². The summed E-state index contributed by atoms with van der Waals surface area (Å²) in [4.78, 5) is 4.39. The van der Waals surface area contributed by atoms with Crippen molar-refractivity contribution in [2.75, 3.05) is 0 Å². The standard InChI is InChI=1S/C11H10N/c1-8-7-10-5-3-4-6-11(10)9(2)12-8/h4-7H,1-2H3.